The fraction of sp³-hybridized carbons (Fsp3) is 0.348. The second-order valence-corrected chi connectivity index (χ2v) is 7.61. The standard InChI is InChI=1S/C23H24FN3O/c24-19-5-7-22-17(14-19)4-6-20(25-22)8-9-26-15-18-2-1-3-23(21(18)16-26)27-10-12-28-13-11-27/h1-7,14H,8-13,15-16H2. The number of ether oxygens (including phenoxy) is 1. The zero-order valence-corrected chi connectivity index (χ0v) is 15.9. The van der Waals surface area contributed by atoms with Crippen molar-refractivity contribution in [2.75, 3.05) is 37.7 Å². The third-order valence-electron chi connectivity index (χ3n) is 5.77. The minimum absolute atomic E-state index is 0.215. The number of fused-ring (bicyclic) bond motifs is 2. The van der Waals surface area contributed by atoms with E-state index in [0.29, 0.717) is 0 Å². The van der Waals surface area contributed by atoms with Crippen LogP contribution in [0.25, 0.3) is 10.9 Å². The molecule has 2 aromatic carbocycles. The highest BCUT2D eigenvalue weighted by Crippen LogP contribution is 2.32. The Labute approximate surface area is 164 Å². The Hall–Kier alpha value is -2.50. The van der Waals surface area contributed by atoms with Crippen LogP contribution in [0.15, 0.2) is 48.5 Å². The van der Waals surface area contributed by atoms with Gasteiger partial charge in [0.2, 0.25) is 0 Å². The largest absolute Gasteiger partial charge is 0.378 e. The van der Waals surface area contributed by atoms with Gasteiger partial charge >= 0.3 is 0 Å². The van der Waals surface area contributed by atoms with Crippen molar-refractivity contribution in [1.82, 2.24) is 9.88 Å². The minimum Gasteiger partial charge on any atom is -0.378 e. The Morgan fingerprint density at radius 1 is 1.00 bits per heavy atom. The third-order valence-corrected chi connectivity index (χ3v) is 5.77. The van der Waals surface area contributed by atoms with Crippen LogP contribution in [0.3, 0.4) is 0 Å². The van der Waals surface area contributed by atoms with Crippen LogP contribution in [0.5, 0.6) is 0 Å². The lowest BCUT2D eigenvalue weighted by atomic mass is 10.1. The molecule has 4 nitrogen and oxygen atoms in total. The Morgan fingerprint density at radius 2 is 1.89 bits per heavy atom. The first-order valence-corrected chi connectivity index (χ1v) is 9.97. The number of anilines is 1. The summed E-state index contributed by atoms with van der Waals surface area (Å²) in [6.45, 7) is 6.51. The SMILES string of the molecule is Fc1ccc2nc(CCN3Cc4cccc(N5CCOCC5)c4C3)ccc2c1. The van der Waals surface area contributed by atoms with Gasteiger partial charge < -0.3 is 9.64 Å². The van der Waals surface area contributed by atoms with Gasteiger partial charge in [-0.25, -0.2) is 4.39 Å². The van der Waals surface area contributed by atoms with E-state index in [2.05, 4.69) is 28.0 Å². The summed E-state index contributed by atoms with van der Waals surface area (Å²) in [6, 6.07) is 15.4. The van der Waals surface area contributed by atoms with Crippen molar-refractivity contribution in [3.8, 4) is 0 Å². The molecule has 144 valence electrons. The number of hydrogen-bond acceptors (Lipinski definition) is 4. The molecular weight excluding hydrogens is 353 g/mol. The number of morpholine rings is 1. The average Bonchev–Trinajstić information content (AvgIpc) is 3.16. The van der Waals surface area contributed by atoms with Crippen molar-refractivity contribution in [1.29, 1.82) is 0 Å². The van der Waals surface area contributed by atoms with Crippen molar-refractivity contribution in [2.45, 2.75) is 19.5 Å². The van der Waals surface area contributed by atoms with Gasteiger partial charge in [0.15, 0.2) is 0 Å². The van der Waals surface area contributed by atoms with Gasteiger partial charge in [0, 0.05) is 55.9 Å². The molecule has 0 atom stereocenters. The molecule has 0 unspecified atom stereocenters. The van der Waals surface area contributed by atoms with E-state index in [4.69, 9.17) is 9.72 Å². The molecular formula is C23H24FN3O. The van der Waals surface area contributed by atoms with E-state index in [9.17, 15) is 4.39 Å². The lowest BCUT2D eigenvalue weighted by molar-refractivity contribution is 0.122. The Bertz CT molecular complexity index is 1000. The molecule has 1 aromatic heterocycles. The highest BCUT2D eigenvalue weighted by atomic mass is 19.1. The predicted molar refractivity (Wildman–Crippen MR) is 109 cm³/mol. The van der Waals surface area contributed by atoms with Crippen LogP contribution in [0.4, 0.5) is 10.1 Å². The fourth-order valence-electron chi connectivity index (χ4n) is 4.28. The van der Waals surface area contributed by atoms with Gasteiger partial charge in [0.1, 0.15) is 5.82 Å². The molecule has 3 heterocycles. The average molecular weight is 377 g/mol. The summed E-state index contributed by atoms with van der Waals surface area (Å²) < 4.78 is 18.8. The first kappa shape index (κ1) is 17.6. The molecule has 0 saturated carbocycles. The number of hydrogen-bond donors (Lipinski definition) is 0. The third kappa shape index (κ3) is 3.48. The lowest BCUT2D eigenvalue weighted by Crippen LogP contribution is -2.36. The number of rotatable bonds is 4. The van der Waals surface area contributed by atoms with Crippen LogP contribution < -0.4 is 4.90 Å². The van der Waals surface area contributed by atoms with Crippen molar-refractivity contribution >= 4 is 16.6 Å². The molecule has 0 aliphatic carbocycles. The second-order valence-electron chi connectivity index (χ2n) is 7.61. The van der Waals surface area contributed by atoms with Gasteiger partial charge in [-0.15, -0.1) is 0 Å². The van der Waals surface area contributed by atoms with E-state index < -0.39 is 0 Å². The normalized spacial score (nSPS) is 17.2. The van der Waals surface area contributed by atoms with Crippen LogP contribution >= 0.6 is 0 Å². The number of nitrogens with zero attached hydrogens (tertiary/aromatic N) is 3. The van der Waals surface area contributed by atoms with Crippen molar-refractivity contribution in [3.63, 3.8) is 0 Å². The summed E-state index contributed by atoms with van der Waals surface area (Å²) in [4.78, 5) is 9.65. The fourth-order valence-corrected chi connectivity index (χ4v) is 4.28. The summed E-state index contributed by atoms with van der Waals surface area (Å²) in [7, 11) is 0. The van der Waals surface area contributed by atoms with Crippen LogP contribution in [0, 0.1) is 5.82 Å². The molecule has 5 rings (SSSR count). The van der Waals surface area contributed by atoms with Crippen molar-refractivity contribution in [2.24, 2.45) is 0 Å². The Balaban J connectivity index is 1.27. The molecule has 0 amide bonds. The Kier molecular flexibility index (Phi) is 4.71. The quantitative estimate of drug-likeness (QED) is 0.692. The molecule has 2 aliphatic rings. The van der Waals surface area contributed by atoms with E-state index in [-0.39, 0.29) is 5.82 Å². The van der Waals surface area contributed by atoms with Crippen molar-refractivity contribution in [3.05, 3.63) is 71.2 Å². The molecule has 2 aliphatic heterocycles. The summed E-state index contributed by atoms with van der Waals surface area (Å²) in [5, 5.41) is 0.854. The van der Waals surface area contributed by atoms with Gasteiger partial charge in [-0.1, -0.05) is 18.2 Å². The van der Waals surface area contributed by atoms with Gasteiger partial charge in [0.25, 0.3) is 0 Å². The summed E-state index contributed by atoms with van der Waals surface area (Å²) in [5.74, 6) is -0.215. The van der Waals surface area contributed by atoms with Crippen LogP contribution in [-0.2, 0) is 24.2 Å². The number of benzene rings is 2. The van der Waals surface area contributed by atoms with Crippen LogP contribution in [0.1, 0.15) is 16.8 Å². The summed E-state index contributed by atoms with van der Waals surface area (Å²) in [6.07, 6.45) is 0.897. The first-order chi connectivity index (χ1) is 13.8. The highest BCUT2D eigenvalue weighted by molar-refractivity contribution is 5.78. The van der Waals surface area contributed by atoms with Gasteiger partial charge in [-0.3, -0.25) is 9.88 Å². The molecule has 3 aromatic rings. The maximum Gasteiger partial charge on any atom is 0.123 e. The first-order valence-electron chi connectivity index (χ1n) is 9.97. The van der Waals surface area contributed by atoms with Crippen LogP contribution in [-0.4, -0.2) is 42.7 Å². The van der Waals surface area contributed by atoms with Crippen LogP contribution in [0.2, 0.25) is 0 Å². The van der Waals surface area contributed by atoms with E-state index in [1.165, 1.54) is 28.9 Å². The highest BCUT2D eigenvalue weighted by Gasteiger charge is 2.24. The van der Waals surface area contributed by atoms with Gasteiger partial charge in [-0.05, 0) is 41.5 Å². The molecule has 5 heteroatoms. The number of halogens is 1. The molecule has 28 heavy (non-hydrogen) atoms. The molecule has 0 spiro atoms. The monoisotopic (exact) mass is 377 g/mol. The molecule has 1 saturated heterocycles. The molecule has 0 bridgehead atoms. The molecule has 0 N–H and O–H groups in total. The van der Waals surface area contributed by atoms with E-state index in [1.807, 2.05) is 12.1 Å². The zero-order valence-electron chi connectivity index (χ0n) is 15.9. The lowest BCUT2D eigenvalue weighted by Gasteiger charge is -2.30. The summed E-state index contributed by atoms with van der Waals surface area (Å²) in [5.41, 5.74) is 6.19. The van der Waals surface area contributed by atoms with Gasteiger partial charge in [0.05, 0.1) is 18.7 Å². The van der Waals surface area contributed by atoms with E-state index >= 15 is 0 Å². The molecule has 0 radical (unpaired) electrons. The predicted octanol–water partition coefficient (Wildman–Crippen LogP) is 3.77. The van der Waals surface area contributed by atoms with E-state index in [1.54, 1.807) is 6.07 Å². The van der Waals surface area contributed by atoms with E-state index in [0.717, 1.165) is 69.0 Å². The zero-order chi connectivity index (χ0) is 18.9. The second kappa shape index (κ2) is 7.49. The summed E-state index contributed by atoms with van der Waals surface area (Å²) >= 11 is 0. The maximum atomic E-state index is 13.3. The minimum atomic E-state index is -0.215. The topological polar surface area (TPSA) is 28.6 Å². The number of aromatic nitrogens is 1. The van der Waals surface area contributed by atoms with Gasteiger partial charge in [-0.2, -0.15) is 0 Å². The smallest absolute Gasteiger partial charge is 0.123 e. The maximum absolute atomic E-state index is 13.3. The number of pyridine rings is 1. The molecule has 1 fully saturated rings. The van der Waals surface area contributed by atoms with Crippen molar-refractivity contribution < 1.29 is 9.13 Å². The Morgan fingerprint density at radius 3 is 2.79 bits per heavy atom.